The summed E-state index contributed by atoms with van der Waals surface area (Å²) in [6.45, 7) is 1.44. The topological polar surface area (TPSA) is 43.4 Å². The van der Waals surface area contributed by atoms with Crippen molar-refractivity contribution in [3.63, 3.8) is 0 Å². The van der Waals surface area contributed by atoms with Gasteiger partial charge in [0.05, 0.1) is 0 Å². The van der Waals surface area contributed by atoms with Crippen molar-refractivity contribution in [3.8, 4) is 0 Å². The van der Waals surface area contributed by atoms with E-state index in [9.17, 15) is 9.59 Å². The molecule has 2 rings (SSSR count). The number of Topliss-reactive ketones (excluding diaryl/α,β-unsaturated/α-hetero) is 1. The Morgan fingerprint density at radius 3 is 2.31 bits per heavy atom. The fourth-order valence-corrected chi connectivity index (χ4v) is 2.66. The van der Waals surface area contributed by atoms with Crippen LogP contribution in [0.4, 0.5) is 0 Å². The lowest BCUT2D eigenvalue weighted by Gasteiger charge is -2.10. The number of rotatable bonds is 1. The Kier molecular flexibility index (Phi) is 2.10. The van der Waals surface area contributed by atoms with E-state index in [0.717, 1.165) is 12.8 Å². The van der Waals surface area contributed by atoms with E-state index in [-0.39, 0.29) is 12.1 Å². The fourth-order valence-electron chi connectivity index (χ4n) is 2.66. The zero-order valence-electron chi connectivity index (χ0n) is 7.79. The van der Waals surface area contributed by atoms with E-state index in [4.69, 9.17) is 4.74 Å². The van der Waals surface area contributed by atoms with Crippen LogP contribution >= 0.6 is 0 Å². The van der Waals surface area contributed by atoms with Gasteiger partial charge in [-0.25, -0.2) is 0 Å². The minimum Gasteiger partial charge on any atom is -0.463 e. The summed E-state index contributed by atoms with van der Waals surface area (Å²) in [5.41, 5.74) is 0. The third-order valence-corrected chi connectivity index (χ3v) is 3.11. The second-order valence-corrected chi connectivity index (χ2v) is 4.17. The number of hydrogen-bond acceptors (Lipinski definition) is 3. The highest BCUT2D eigenvalue weighted by atomic mass is 16.5. The number of fused-ring (bicyclic) bond motifs is 1. The summed E-state index contributed by atoms with van der Waals surface area (Å²) < 4.78 is 5.13. The molecule has 0 aromatic heterocycles. The minimum absolute atomic E-state index is 0.0839. The summed E-state index contributed by atoms with van der Waals surface area (Å²) in [5.74, 6) is 1.18. The Balaban J connectivity index is 1.90. The highest BCUT2D eigenvalue weighted by Gasteiger charge is 2.42. The average Bonchev–Trinajstić information content (AvgIpc) is 2.41. The maximum absolute atomic E-state index is 11.1. The Hall–Kier alpha value is -0.860. The van der Waals surface area contributed by atoms with Crippen LogP contribution in [0, 0.1) is 11.8 Å². The normalized spacial score (nSPS) is 37.6. The summed E-state index contributed by atoms with van der Waals surface area (Å²) in [6, 6.07) is 0. The SMILES string of the molecule is CC(=O)OC1C[C@H]2CC(=O)C[C@H]2C1. The molecule has 3 nitrogen and oxygen atoms in total. The second kappa shape index (κ2) is 3.13. The van der Waals surface area contributed by atoms with Crippen LogP contribution in [0.3, 0.4) is 0 Å². The summed E-state index contributed by atoms with van der Waals surface area (Å²) >= 11 is 0. The lowest BCUT2D eigenvalue weighted by Crippen LogP contribution is -2.13. The Morgan fingerprint density at radius 1 is 1.31 bits per heavy atom. The van der Waals surface area contributed by atoms with Crippen molar-refractivity contribution < 1.29 is 14.3 Å². The van der Waals surface area contributed by atoms with E-state index in [2.05, 4.69) is 0 Å². The highest BCUT2D eigenvalue weighted by Crippen LogP contribution is 2.43. The first kappa shape index (κ1) is 8.73. The van der Waals surface area contributed by atoms with Gasteiger partial charge in [0.1, 0.15) is 11.9 Å². The molecule has 3 heteroatoms. The summed E-state index contributed by atoms with van der Waals surface area (Å²) in [4.78, 5) is 21.8. The maximum Gasteiger partial charge on any atom is 0.302 e. The molecule has 2 fully saturated rings. The molecule has 72 valence electrons. The largest absolute Gasteiger partial charge is 0.463 e. The van der Waals surface area contributed by atoms with Crippen molar-refractivity contribution in [3.05, 3.63) is 0 Å². The van der Waals surface area contributed by atoms with E-state index < -0.39 is 0 Å². The molecule has 0 N–H and O–H groups in total. The van der Waals surface area contributed by atoms with E-state index in [1.165, 1.54) is 6.92 Å². The Bertz CT molecular complexity index is 231. The van der Waals surface area contributed by atoms with Crippen LogP contribution in [-0.4, -0.2) is 17.9 Å². The molecular formula is C10H14O3. The number of esters is 1. The third-order valence-electron chi connectivity index (χ3n) is 3.11. The lowest BCUT2D eigenvalue weighted by molar-refractivity contribution is -0.146. The van der Waals surface area contributed by atoms with Gasteiger partial charge in [0.15, 0.2) is 0 Å². The van der Waals surface area contributed by atoms with Crippen LogP contribution in [0.1, 0.15) is 32.6 Å². The van der Waals surface area contributed by atoms with Gasteiger partial charge in [-0.3, -0.25) is 9.59 Å². The Labute approximate surface area is 77.4 Å². The van der Waals surface area contributed by atoms with Crippen molar-refractivity contribution in [1.82, 2.24) is 0 Å². The molecule has 0 amide bonds. The van der Waals surface area contributed by atoms with Gasteiger partial charge in [0.25, 0.3) is 0 Å². The first-order valence-corrected chi connectivity index (χ1v) is 4.84. The lowest BCUT2D eigenvalue weighted by atomic mass is 10.0. The van der Waals surface area contributed by atoms with Gasteiger partial charge in [-0.05, 0) is 24.7 Å². The first-order chi connectivity index (χ1) is 6.15. The third kappa shape index (κ3) is 1.74. The van der Waals surface area contributed by atoms with Gasteiger partial charge in [-0.2, -0.15) is 0 Å². The number of hydrogen-bond donors (Lipinski definition) is 0. The molecule has 3 atom stereocenters. The first-order valence-electron chi connectivity index (χ1n) is 4.84. The fraction of sp³-hybridized carbons (Fsp3) is 0.800. The van der Waals surface area contributed by atoms with Crippen molar-refractivity contribution >= 4 is 11.8 Å². The van der Waals surface area contributed by atoms with Gasteiger partial charge < -0.3 is 4.74 Å². The molecule has 0 saturated heterocycles. The molecule has 1 unspecified atom stereocenters. The molecule has 0 bridgehead atoms. The second-order valence-electron chi connectivity index (χ2n) is 4.17. The minimum atomic E-state index is -0.198. The van der Waals surface area contributed by atoms with Crippen LogP contribution in [-0.2, 0) is 14.3 Å². The van der Waals surface area contributed by atoms with Gasteiger partial charge in [-0.15, -0.1) is 0 Å². The molecule has 2 aliphatic carbocycles. The summed E-state index contributed by atoms with van der Waals surface area (Å²) in [7, 11) is 0. The molecule has 0 radical (unpaired) electrons. The van der Waals surface area contributed by atoms with Gasteiger partial charge in [0.2, 0.25) is 0 Å². The highest BCUT2D eigenvalue weighted by molar-refractivity contribution is 5.81. The molecule has 2 saturated carbocycles. The quantitative estimate of drug-likeness (QED) is 0.574. The van der Waals surface area contributed by atoms with E-state index in [1.807, 2.05) is 0 Å². The van der Waals surface area contributed by atoms with Crippen molar-refractivity contribution in [1.29, 1.82) is 0 Å². The van der Waals surface area contributed by atoms with Crippen LogP contribution in [0.15, 0.2) is 0 Å². The van der Waals surface area contributed by atoms with Crippen molar-refractivity contribution in [2.75, 3.05) is 0 Å². The maximum atomic E-state index is 11.1. The molecule has 2 aliphatic rings. The standard InChI is InChI=1S/C10H14O3/c1-6(11)13-10-4-7-2-9(12)3-8(7)5-10/h7-8,10H,2-5H2,1H3/t7-,8+,10?. The zero-order chi connectivity index (χ0) is 9.42. The van der Waals surface area contributed by atoms with E-state index in [1.54, 1.807) is 0 Å². The smallest absolute Gasteiger partial charge is 0.302 e. The average molecular weight is 182 g/mol. The van der Waals surface area contributed by atoms with Gasteiger partial charge in [0, 0.05) is 19.8 Å². The predicted octanol–water partition coefficient (Wildman–Crippen LogP) is 1.31. The number of ether oxygens (including phenoxy) is 1. The predicted molar refractivity (Wildman–Crippen MR) is 46.0 cm³/mol. The van der Waals surface area contributed by atoms with E-state index in [0.29, 0.717) is 30.5 Å². The molecule has 0 aliphatic heterocycles. The number of ketones is 1. The zero-order valence-corrected chi connectivity index (χ0v) is 7.79. The van der Waals surface area contributed by atoms with Crippen LogP contribution in [0.2, 0.25) is 0 Å². The summed E-state index contributed by atoms with van der Waals surface area (Å²) in [5, 5.41) is 0. The molecule has 0 spiro atoms. The van der Waals surface area contributed by atoms with Gasteiger partial charge in [-0.1, -0.05) is 0 Å². The van der Waals surface area contributed by atoms with Crippen LogP contribution in [0.5, 0.6) is 0 Å². The van der Waals surface area contributed by atoms with Gasteiger partial charge >= 0.3 is 5.97 Å². The number of carbonyl (C=O) groups excluding carboxylic acids is 2. The van der Waals surface area contributed by atoms with Crippen molar-refractivity contribution in [2.24, 2.45) is 11.8 Å². The molecular weight excluding hydrogens is 168 g/mol. The summed E-state index contributed by atoms with van der Waals surface area (Å²) in [6.07, 6.45) is 3.30. The van der Waals surface area contributed by atoms with Crippen molar-refractivity contribution in [2.45, 2.75) is 38.7 Å². The number of carbonyl (C=O) groups is 2. The van der Waals surface area contributed by atoms with Crippen LogP contribution < -0.4 is 0 Å². The molecule has 0 aromatic rings. The Morgan fingerprint density at radius 2 is 1.85 bits per heavy atom. The monoisotopic (exact) mass is 182 g/mol. The molecule has 0 heterocycles. The molecule has 13 heavy (non-hydrogen) atoms. The molecule has 0 aromatic carbocycles. The van der Waals surface area contributed by atoms with Crippen LogP contribution in [0.25, 0.3) is 0 Å². The van der Waals surface area contributed by atoms with E-state index >= 15 is 0 Å².